The summed E-state index contributed by atoms with van der Waals surface area (Å²) < 4.78 is 11.5. The zero-order chi connectivity index (χ0) is 26.1. The largest absolute Gasteiger partial charge is 0.480 e. The smallest absolute Gasteiger partial charge is 0.327 e. The molecular formula is C27H38N2O6S. The molecule has 3 unspecified atom stereocenters. The number of benzene rings is 1. The number of rotatable bonds is 12. The Morgan fingerprint density at radius 2 is 1.89 bits per heavy atom. The highest BCUT2D eigenvalue weighted by Gasteiger charge is 2.36. The molecule has 3 atom stereocenters. The molecule has 8 nitrogen and oxygen atoms in total. The van der Waals surface area contributed by atoms with Crippen molar-refractivity contribution in [3.63, 3.8) is 0 Å². The third kappa shape index (κ3) is 7.41. The van der Waals surface area contributed by atoms with Gasteiger partial charge < -0.3 is 25.6 Å². The van der Waals surface area contributed by atoms with Gasteiger partial charge in [0.2, 0.25) is 0 Å². The van der Waals surface area contributed by atoms with E-state index in [-0.39, 0.29) is 24.9 Å². The van der Waals surface area contributed by atoms with Gasteiger partial charge in [0.15, 0.2) is 5.78 Å². The van der Waals surface area contributed by atoms with Crippen LogP contribution in [0.2, 0.25) is 0 Å². The molecule has 36 heavy (non-hydrogen) atoms. The van der Waals surface area contributed by atoms with E-state index in [4.69, 9.17) is 15.2 Å². The lowest BCUT2D eigenvalue weighted by Gasteiger charge is -2.30. The van der Waals surface area contributed by atoms with Gasteiger partial charge in [-0.2, -0.15) is 11.8 Å². The maximum atomic E-state index is 13.7. The van der Waals surface area contributed by atoms with Crippen molar-refractivity contribution in [1.29, 1.82) is 0 Å². The van der Waals surface area contributed by atoms with Crippen molar-refractivity contribution in [2.24, 2.45) is 5.73 Å². The Morgan fingerprint density at radius 3 is 2.56 bits per heavy atom. The van der Waals surface area contributed by atoms with Gasteiger partial charge in [0, 0.05) is 12.1 Å². The molecule has 1 fully saturated rings. The molecule has 1 aliphatic carbocycles. The number of thioether (sulfide) groups is 1. The molecule has 4 N–H and O–H groups in total. The number of esters is 1. The van der Waals surface area contributed by atoms with Gasteiger partial charge in [-0.25, -0.2) is 4.79 Å². The van der Waals surface area contributed by atoms with E-state index in [9.17, 15) is 19.5 Å². The lowest BCUT2D eigenvalue weighted by Crippen LogP contribution is -2.45. The molecule has 1 aliphatic heterocycles. The van der Waals surface area contributed by atoms with Gasteiger partial charge >= 0.3 is 11.9 Å². The molecule has 1 aromatic rings. The summed E-state index contributed by atoms with van der Waals surface area (Å²) in [6.07, 6.45) is 8.13. The number of carbonyl (C=O) groups is 3. The van der Waals surface area contributed by atoms with Crippen molar-refractivity contribution in [2.75, 3.05) is 26.0 Å². The Kier molecular flexibility index (Phi) is 11.0. The molecule has 0 saturated heterocycles. The summed E-state index contributed by atoms with van der Waals surface area (Å²) in [6, 6.07) is 5.67. The van der Waals surface area contributed by atoms with Gasteiger partial charge in [-0.3, -0.25) is 9.59 Å². The number of Topliss-reactive ketones (excluding diaryl/α,β-unsaturated/α-hetero) is 1. The average molecular weight is 519 g/mol. The van der Waals surface area contributed by atoms with Gasteiger partial charge in [0.05, 0.1) is 18.0 Å². The van der Waals surface area contributed by atoms with Gasteiger partial charge in [0.1, 0.15) is 18.7 Å². The minimum absolute atomic E-state index is 0.0148. The number of ether oxygens (including phenoxy) is 2. The first-order chi connectivity index (χ1) is 17.3. The van der Waals surface area contributed by atoms with E-state index in [1.165, 1.54) is 31.0 Å². The molecule has 0 radical (unpaired) electrons. The number of nitrogens with one attached hydrogen (secondary N) is 1. The predicted octanol–water partition coefficient (Wildman–Crippen LogP) is 3.11. The third-order valence-corrected chi connectivity index (χ3v) is 7.88. The molecule has 1 aromatic carbocycles. The lowest BCUT2D eigenvalue weighted by molar-refractivity contribution is -0.147. The Hall–Kier alpha value is -2.20. The van der Waals surface area contributed by atoms with E-state index < -0.39 is 29.3 Å². The molecule has 2 aliphatic rings. The summed E-state index contributed by atoms with van der Waals surface area (Å²) in [7, 11) is 0. The second-order valence-electron chi connectivity index (χ2n) is 9.41. The van der Waals surface area contributed by atoms with Crippen LogP contribution in [0.3, 0.4) is 0 Å². The molecule has 198 valence electrons. The fourth-order valence-corrected chi connectivity index (χ4v) is 5.67. The average Bonchev–Trinajstić information content (AvgIpc) is 2.89. The molecule has 0 amide bonds. The van der Waals surface area contributed by atoms with Crippen molar-refractivity contribution in [1.82, 2.24) is 5.32 Å². The quantitative estimate of drug-likeness (QED) is 0.282. The third-order valence-electron chi connectivity index (χ3n) is 6.90. The molecule has 3 rings (SSSR count). The molecule has 0 bridgehead atoms. The monoisotopic (exact) mass is 518 g/mol. The van der Waals surface area contributed by atoms with Crippen molar-refractivity contribution >= 4 is 35.1 Å². The molecule has 1 heterocycles. The van der Waals surface area contributed by atoms with E-state index in [0.717, 1.165) is 24.0 Å². The van der Waals surface area contributed by atoms with Crippen molar-refractivity contribution in [3.05, 3.63) is 41.0 Å². The predicted molar refractivity (Wildman–Crippen MR) is 141 cm³/mol. The molecule has 0 aromatic heterocycles. The maximum absolute atomic E-state index is 13.7. The number of aryl methyl sites for hydroxylation is 1. The zero-order valence-electron chi connectivity index (χ0n) is 21.2. The summed E-state index contributed by atoms with van der Waals surface area (Å²) in [5.74, 6) is -1.78. The number of aliphatic carboxylic acids is 1. The van der Waals surface area contributed by atoms with Crippen LogP contribution in [0, 0.1) is 6.92 Å². The van der Waals surface area contributed by atoms with Gasteiger partial charge in [0.25, 0.3) is 0 Å². The Balaban J connectivity index is 1.82. The van der Waals surface area contributed by atoms with Gasteiger partial charge in [-0.05, 0) is 55.6 Å². The highest BCUT2D eigenvalue weighted by molar-refractivity contribution is 7.99. The van der Waals surface area contributed by atoms with Gasteiger partial charge in [-0.15, -0.1) is 0 Å². The Bertz CT molecular complexity index is 959. The summed E-state index contributed by atoms with van der Waals surface area (Å²) >= 11 is 1.28. The SMILES string of the molecule is CSC(CC(N)C(=O)O)C(=O)C1=C(c2ccccc2C)C(C(=O)OCCOC2CCCCC2)NCC1. The number of carbonyl (C=O) groups excluding carboxylic acids is 2. The van der Waals surface area contributed by atoms with Crippen molar-refractivity contribution < 1.29 is 29.0 Å². The normalized spacial score (nSPS) is 20.6. The van der Waals surface area contributed by atoms with Crippen LogP contribution in [0.5, 0.6) is 0 Å². The first kappa shape index (κ1) is 28.4. The van der Waals surface area contributed by atoms with Crippen LogP contribution in [0.15, 0.2) is 29.8 Å². The van der Waals surface area contributed by atoms with Crippen LogP contribution in [-0.4, -0.2) is 72.3 Å². The van der Waals surface area contributed by atoms with E-state index in [1.54, 1.807) is 6.26 Å². The zero-order valence-corrected chi connectivity index (χ0v) is 22.0. The minimum Gasteiger partial charge on any atom is -0.480 e. The number of hydrogen-bond acceptors (Lipinski definition) is 8. The Labute approximate surface area is 217 Å². The summed E-state index contributed by atoms with van der Waals surface area (Å²) in [5, 5.41) is 11.9. The van der Waals surface area contributed by atoms with E-state index in [2.05, 4.69) is 5.32 Å². The highest BCUT2D eigenvalue weighted by Crippen LogP contribution is 2.33. The van der Waals surface area contributed by atoms with Crippen LogP contribution in [-0.2, 0) is 23.9 Å². The summed E-state index contributed by atoms with van der Waals surface area (Å²) in [5.41, 5.74) is 8.61. The standard InChI is InChI=1S/C27H38N2O6S/c1-17-8-6-7-11-19(17)23-20(25(30)22(36-2)16-21(28)26(31)32)12-13-29-24(23)27(33)35-15-14-34-18-9-4-3-5-10-18/h6-8,11,18,21-22,24,29H,3-5,9-10,12-16,28H2,1-2H3,(H,31,32). The number of nitrogens with two attached hydrogens (primary N) is 1. The minimum atomic E-state index is -1.14. The molecule has 1 saturated carbocycles. The first-order valence-electron chi connectivity index (χ1n) is 12.7. The highest BCUT2D eigenvalue weighted by atomic mass is 32.2. The second kappa shape index (κ2) is 13.9. The van der Waals surface area contributed by atoms with E-state index in [0.29, 0.717) is 30.7 Å². The van der Waals surface area contributed by atoms with Crippen LogP contribution in [0.1, 0.15) is 56.1 Å². The Morgan fingerprint density at radius 1 is 1.17 bits per heavy atom. The first-order valence-corrected chi connectivity index (χ1v) is 14.0. The van der Waals surface area contributed by atoms with Crippen LogP contribution >= 0.6 is 11.8 Å². The number of ketones is 1. The number of carboxylic acid groups (broad SMARTS) is 1. The number of hydrogen-bond donors (Lipinski definition) is 3. The molecular weight excluding hydrogens is 480 g/mol. The maximum Gasteiger partial charge on any atom is 0.327 e. The second-order valence-corrected chi connectivity index (χ2v) is 10.5. The summed E-state index contributed by atoms with van der Waals surface area (Å²) in [4.78, 5) is 38.2. The van der Waals surface area contributed by atoms with Crippen LogP contribution < -0.4 is 11.1 Å². The summed E-state index contributed by atoms with van der Waals surface area (Å²) in [6.45, 7) is 2.87. The van der Waals surface area contributed by atoms with Crippen molar-refractivity contribution in [2.45, 2.75) is 75.3 Å². The van der Waals surface area contributed by atoms with Crippen molar-refractivity contribution in [3.8, 4) is 0 Å². The van der Waals surface area contributed by atoms with Gasteiger partial charge in [-0.1, -0.05) is 43.5 Å². The van der Waals surface area contributed by atoms with E-state index in [1.807, 2.05) is 31.2 Å². The van der Waals surface area contributed by atoms with Crippen LogP contribution in [0.25, 0.3) is 5.57 Å². The lowest BCUT2D eigenvalue weighted by atomic mass is 9.83. The fourth-order valence-electron chi connectivity index (χ4n) is 4.91. The topological polar surface area (TPSA) is 128 Å². The molecule has 0 spiro atoms. The fraction of sp³-hybridized carbons (Fsp3) is 0.593. The van der Waals surface area contributed by atoms with Crippen LogP contribution in [0.4, 0.5) is 0 Å². The van der Waals surface area contributed by atoms with E-state index >= 15 is 0 Å². The number of carboxylic acids is 1. The molecule has 9 heteroatoms.